The van der Waals surface area contributed by atoms with Gasteiger partial charge < -0.3 is 10.0 Å². The molecular weight excluding hydrogens is 270 g/mol. The van der Waals surface area contributed by atoms with E-state index in [9.17, 15) is 5.11 Å². The highest BCUT2D eigenvalue weighted by molar-refractivity contribution is 7.19. The summed E-state index contributed by atoms with van der Waals surface area (Å²) >= 11 is 1.83. The molecule has 2 aromatic heterocycles. The van der Waals surface area contributed by atoms with Gasteiger partial charge in [0.15, 0.2) is 0 Å². The Morgan fingerprint density at radius 1 is 1.25 bits per heavy atom. The standard InChI is InChI=1S/C15H19N3OS/c19-8-7-18(10-3-1-4-10)14-13-11-5-2-6-12(11)20-15(13)17-9-16-14/h9-10,19H,1-8H2. The SMILES string of the molecule is OCCN(c1ncnc2sc3c(c12)CCC3)C1CCC1. The van der Waals surface area contributed by atoms with Crippen molar-refractivity contribution in [3.63, 3.8) is 0 Å². The molecule has 1 saturated carbocycles. The van der Waals surface area contributed by atoms with Crippen LogP contribution in [-0.2, 0) is 12.8 Å². The first-order chi connectivity index (χ1) is 9.88. The van der Waals surface area contributed by atoms with Crippen LogP contribution in [0.4, 0.5) is 5.82 Å². The molecule has 20 heavy (non-hydrogen) atoms. The molecule has 0 unspecified atom stereocenters. The highest BCUT2D eigenvalue weighted by Crippen LogP contribution is 2.41. The second-order valence-corrected chi connectivity index (χ2v) is 6.82. The number of aryl methyl sites for hydroxylation is 2. The lowest BCUT2D eigenvalue weighted by molar-refractivity contribution is 0.283. The van der Waals surface area contributed by atoms with Crippen LogP contribution in [-0.4, -0.2) is 34.3 Å². The van der Waals surface area contributed by atoms with E-state index >= 15 is 0 Å². The van der Waals surface area contributed by atoms with E-state index in [1.807, 2.05) is 11.3 Å². The molecule has 1 fully saturated rings. The van der Waals surface area contributed by atoms with E-state index in [2.05, 4.69) is 14.9 Å². The highest BCUT2D eigenvalue weighted by Gasteiger charge is 2.29. The van der Waals surface area contributed by atoms with Crippen molar-refractivity contribution in [2.75, 3.05) is 18.1 Å². The van der Waals surface area contributed by atoms with E-state index in [0.29, 0.717) is 12.6 Å². The topological polar surface area (TPSA) is 49.2 Å². The molecule has 2 heterocycles. The second kappa shape index (κ2) is 4.97. The number of hydrogen-bond donors (Lipinski definition) is 1. The van der Waals surface area contributed by atoms with Crippen LogP contribution in [0.25, 0.3) is 10.2 Å². The summed E-state index contributed by atoms with van der Waals surface area (Å²) in [5, 5.41) is 10.7. The summed E-state index contributed by atoms with van der Waals surface area (Å²) in [6.45, 7) is 0.871. The zero-order chi connectivity index (χ0) is 13.5. The second-order valence-electron chi connectivity index (χ2n) is 5.74. The number of rotatable bonds is 4. The number of aliphatic hydroxyl groups is 1. The number of anilines is 1. The molecule has 0 atom stereocenters. The van der Waals surface area contributed by atoms with Crippen LogP contribution in [0.15, 0.2) is 6.33 Å². The summed E-state index contributed by atoms with van der Waals surface area (Å²) in [5.74, 6) is 1.06. The molecular formula is C15H19N3OS. The summed E-state index contributed by atoms with van der Waals surface area (Å²) in [4.78, 5) is 14.0. The third kappa shape index (κ3) is 1.84. The van der Waals surface area contributed by atoms with Crippen molar-refractivity contribution >= 4 is 27.4 Å². The van der Waals surface area contributed by atoms with Crippen molar-refractivity contribution in [3.05, 3.63) is 16.8 Å². The van der Waals surface area contributed by atoms with E-state index in [-0.39, 0.29) is 6.61 Å². The number of aliphatic hydroxyl groups excluding tert-OH is 1. The van der Waals surface area contributed by atoms with Gasteiger partial charge in [0.25, 0.3) is 0 Å². The van der Waals surface area contributed by atoms with Gasteiger partial charge in [-0.1, -0.05) is 0 Å². The molecule has 0 amide bonds. The lowest BCUT2D eigenvalue weighted by atomic mass is 9.91. The molecule has 2 aliphatic carbocycles. The highest BCUT2D eigenvalue weighted by atomic mass is 32.1. The van der Waals surface area contributed by atoms with Crippen LogP contribution in [0.5, 0.6) is 0 Å². The summed E-state index contributed by atoms with van der Waals surface area (Å²) in [6, 6.07) is 0.553. The number of fused-ring (bicyclic) bond motifs is 3. The van der Waals surface area contributed by atoms with Crippen LogP contribution in [0.3, 0.4) is 0 Å². The minimum Gasteiger partial charge on any atom is -0.395 e. The Morgan fingerprint density at radius 2 is 2.15 bits per heavy atom. The van der Waals surface area contributed by atoms with Gasteiger partial charge in [-0.2, -0.15) is 0 Å². The number of nitrogens with zero attached hydrogens (tertiary/aromatic N) is 3. The maximum absolute atomic E-state index is 9.40. The molecule has 4 rings (SSSR count). The maximum atomic E-state index is 9.40. The molecule has 2 aliphatic rings. The molecule has 0 aliphatic heterocycles. The fourth-order valence-electron chi connectivity index (χ4n) is 3.40. The molecule has 0 aromatic carbocycles. The van der Waals surface area contributed by atoms with Gasteiger partial charge in [0.2, 0.25) is 0 Å². The van der Waals surface area contributed by atoms with Crippen molar-refractivity contribution in [1.82, 2.24) is 9.97 Å². The van der Waals surface area contributed by atoms with Crippen molar-refractivity contribution in [1.29, 1.82) is 0 Å². The Hall–Kier alpha value is -1.20. The van der Waals surface area contributed by atoms with Crippen molar-refractivity contribution in [3.8, 4) is 0 Å². The Morgan fingerprint density at radius 3 is 2.90 bits per heavy atom. The maximum Gasteiger partial charge on any atom is 0.141 e. The molecule has 4 nitrogen and oxygen atoms in total. The first-order valence-corrected chi connectivity index (χ1v) is 8.33. The molecule has 106 valence electrons. The van der Waals surface area contributed by atoms with Gasteiger partial charge in [-0.05, 0) is 44.1 Å². The monoisotopic (exact) mass is 289 g/mol. The van der Waals surface area contributed by atoms with E-state index in [1.54, 1.807) is 6.33 Å². The van der Waals surface area contributed by atoms with Gasteiger partial charge >= 0.3 is 0 Å². The molecule has 0 bridgehead atoms. The Labute approximate surface area is 122 Å². The average molecular weight is 289 g/mol. The largest absolute Gasteiger partial charge is 0.395 e. The molecule has 1 N–H and O–H groups in total. The lowest BCUT2D eigenvalue weighted by Crippen LogP contribution is -2.42. The Bertz CT molecular complexity index is 635. The molecule has 0 spiro atoms. The minimum atomic E-state index is 0.189. The number of hydrogen-bond acceptors (Lipinski definition) is 5. The Balaban J connectivity index is 1.84. The average Bonchev–Trinajstić information content (AvgIpc) is 2.95. The Kier molecular flexibility index (Phi) is 3.11. The van der Waals surface area contributed by atoms with Crippen LogP contribution in [0.2, 0.25) is 0 Å². The summed E-state index contributed by atoms with van der Waals surface area (Å²) in [5.41, 5.74) is 1.47. The van der Waals surface area contributed by atoms with Gasteiger partial charge in [-0.15, -0.1) is 11.3 Å². The fraction of sp³-hybridized carbons (Fsp3) is 0.600. The van der Waals surface area contributed by atoms with Gasteiger partial charge in [0.05, 0.1) is 12.0 Å². The van der Waals surface area contributed by atoms with Crippen molar-refractivity contribution < 1.29 is 5.11 Å². The predicted molar refractivity (Wildman–Crippen MR) is 81.5 cm³/mol. The van der Waals surface area contributed by atoms with Crippen LogP contribution >= 0.6 is 11.3 Å². The van der Waals surface area contributed by atoms with Gasteiger partial charge in [0.1, 0.15) is 17.0 Å². The third-order valence-electron chi connectivity index (χ3n) is 4.61. The van der Waals surface area contributed by atoms with Crippen LogP contribution in [0, 0.1) is 0 Å². The van der Waals surface area contributed by atoms with E-state index in [0.717, 1.165) is 17.1 Å². The van der Waals surface area contributed by atoms with Gasteiger partial charge in [-0.25, -0.2) is 9.97 Å². The fourth-order valence-corrected chi connectivity index (χ4v) is 4.62. The zero-order valence-electron chi connectivity index (χ0n) is 11.5. The first-order valence-electron chi connectivity index (χ1n) is 7.51. The number of thiophene rings is 1. The predicted octanol–water partition coefficient (Wildman–Crippen LogP) is 2.53. The van der Waals surface area contributed by atoms with Crippen LogP contribution < -0.4 is 4.90 Å². The summed E-state index contributed by atoms with van der Waals surface area (Å²) < 4.78 is 0. The normalized spacial score (nSPS) is 18.2. The van der Waals surface area contributed by atoms with E-state index in [4.69, 9.17) is 0 Å². The van der Waals surface area contributed by atoms with Crippen molar-refractivity contribution in [2.45, 2.75) is 44.6 Å². The van der Waals surface area contributed by atoms with Gasteiger partial charge in [0, 0.05) is 17.5 Å². The molecule has 0 radical (unpaired) electrons. The molecule has 5 heteroatoms. The summed E-state index contributed by atoms with van der Waals surface area (Å²) in [7, 11) is 0. The summed E-state index contributed by atoms with van der Waals surface area (Å²) in [6.07, 6.45) is 9.03. The quantitative estimate of drug-likeness (QED) is 0.939. The zero-order valence-corrected chi connectivity index (χ0v) is 12.3. The molecule has 0 saturated heterocycles. The van der Waals surface area contributed by atoms with Crippen molar-refractivity contribution in [2.24, 2.45) is 0 Å². The van der Waals surface area contributed by atoms with Crippen LogP contribution in [0.1, 0.15) is 36.1 Å². The minimum absolute atomic E-state index is 0.189. The van der Waals surface area contributed by atoms with E-state index < -0.39 is 0 Å². The van der Waals surface area contributed by atoms with Gasteiger partial charge in [-0.3, -0.25) is 0 Å². The molecule has 2 aromatic rings. The van der Waals surface area contributed by atoms with E-state index in [1.165, 1.54) is 47.9 Å². The lowest BCUT2D eigenvalue weighted by Gasteiger charge is -2.38. The first kappa shape index (κ1) is 12.5. The number of aromatic nitrogens is 2. The third-order valence-corrected chi connectivity index (χ3v) is 5.81. The smallest absolute Gasteiger partial charge is 0.141 e.